The number of furan rings is 1. The summed E-state index contributed by atoms with van der Waals surface area (Å²) in [6.45, 7) is 4.37. The van der Waals surface area contributed by atoms with Gasteiger partial charge in [-0.1, -0.05) is 0 Å². The number of carbonyl (C=O) groups is 1. The van der Waals surface area contributed by atoms with Gasteiger partial charge in [0, 0.05) is 43.4 Å². The number of nitrogens with zero attached hydrogens (tertiary/aromatic N) is 5. The fraction of sp³-hybridized carbons (Fsp3) is 0.522. The van der Waals surface area contributed by atoms with Gasteiger partial charge in [-0.2, -0.15) is 4.98 Å². The number of carbonyl (C=O) groups excluding carboxylic acids is 1. The van der Waals surface area contributed by atoms with E-state index in [0.29, 0.717) is 11.9 Å². The van der Waals surface area contributed by atoms with E-state index in [1.807, 2.05) is 18.2 Å². The van der Waals surface area contributed by atoms with Crippen molar-refractivity contribution in [2.24, 2.45) is 5.92 Å². The molecule has 0 radical (unpaired) electrons. The van der Waals surface area contributed by atoms with Crippen LogP contribution in [0.1, 0.15) is 37.3 Å². The Morgan fingerprint density at radius 2 is 1.97 bits per heavy atom. The molecule has 2 aliphatic heterocycles. The highest BCUT2D eigenvalue weighted by molar-refractivity contribution is 5.79. The monoisotopic (exact) mass is 423 g/mol. The van der Waals surface area contributed by atoms with Gasteiger partial charge < -0.3 is 14.1 Å². The highest BCUT2D eigenvalue weighted by Crippen LogP contribution is 2.32. The molecular formula is C23H29N5O3. The van der Waals surface area contributed by atoms with Gasteiger partial charge in [0.2, 0.25) is 5.91 Å². The maximum atomic E-state index is 13.1. The third-order valence-corrected chi connectivity index (χ3v) is 6.66. The Bertz CT molecular complexity index is 1020. The first-order chi connectivity index (χ1) is 15.2. The summed E-state index contributed by atoms with van der Waals surface area (Å²) < 4.78 is 12.8. The third-order valence-electron chi connectivity index (χ3n) is 6.66. The van der Waals surface area contributed by atoms with Gasteiger partial charge in [-0.15, -0.1) is 0 Å². The quantitative estimate of drug-likeness (QED) is 0.628. The average molecular weight is 424 g/mol. The lowest BCUT2D eigenvalue weighted by Gasteiger charge is -2.37. The van der Waals surface area contributed by atoms with Gasteiger partial charge in [0.1, 0.15) is 5.52 Å². The van der Waals surface area contributed by atoms with Crippen LogP contribution in [0, 0.1) is 5.92 Å². The minimum atomic E-state index is 0.141. The molecule has 0 bridgehead atoms. The van der Waals surface area contributed by atoms with Gasteiger partial charge in [-0.05, 0) is 57.0 Å². The molecule has 8 heteroatoms. The Hall–Kier alpha value is -2.87. The van der Waals surface area contributed by atoms with Crippen LogP contribution in [-0.2, 0) is 11.3 Å². The molecular weight excluding hydrogens is 394 g/mol. The van der Waals surface area contributed by atoms with Gasteiger partial charge in [-0.25, -0.2) is 4.98 Å². The summed E-state index contributed by atoms with van der Waals surface area (Å²) in [5, 5.41) is 0. The van der Waals surface area contributed by atoms with Crippen molar-refractivity contribution in [1.82, 2.24) is 24.3 Å². The second kappa shape index (κ2) is 8.70. The number of piperidine rings is 2. The number of imidazole rings is 1. The highest BCUT2D eigenvalue weighted by Gasteiger charge is 2.32. The topological polar surface area (TPSA) is 76.6 Å². The Labute approximate surface area is 181 Å². The van der Waals surface area contributed by atoms with Crippen molar-refractivity contribution in [3.8, 4) is 6.01 Å². The number of pyridine rings is 1. The fourth-order valence-corrected chi connectivity index (χ4v) is 4.96. The predicted molar refractivity (Wildman–Crippen MR) is 116 cm³/mol. The molecule has 8 nitrogen and oxygen atoms in total. The zero-order valence-electron chi connectivity index (χ0n) is 17.9. The number of hydrogen-bond donors (Lipinski definition) is 0. The Balaban J connectivity index is 1.17. The van der Waals surface area contributed by atoms with Crippen molar-refractivity contribution in [3.63, 3.8) is 0 Å². The van der Waals surface area contributed by atoms with Gasteiger partial charge in [0.15, 0.2) is 5.65 Å². The second-order valence-corrected chi connectivity index (χ2v) is 8.55. The molecule has 31 heavy (non-hydrogen) atoms. The zero-order valence-corrected chi connectivity index (χ0v) is 17.9. The Morgan fingerprint density at radius 3 is 2.68 bits per heavy atom. The van der Waals surface area contributed by atoms with Crippen molar-refractivity contribution in [3.05, 3.63) is 42.5 Å². The average Bonchev–Trinajstić information content (AvgIpc) is 3.46. The molecule has 0 spiro atoms. The van der Waals surface area contributed by atoms with Crippen LogP contribution in [0.4, 0.5) is 0 Å². The summed E-state index contributed by atoms with van der Waals surface area (Å²) in [7, 11) is 1.65. The molecule has 0 saturated carbocycles. The lowest BCUT2D eigenvalue weighted by molar-refractivity contribution is -0.138. The molecule has 2 saturated heterocycles. The smallest absolute Gasteiger partial charge is 0.298 e. The van der Waals surface area contributed by atoms with Crippen molar-refractivity contribution in [1.29, 1.82) is 0 Å². The van der Waals surface area contributed by atoms with Gasteiger partial charge in [0.25, 0.3) is 6.01 Å². The van der Waals surface area contributed by atoms with Gasteiger partial charge >= 0.3 is 0 Å². The van der Waals surface area contributed by atoms with Crippen LogP contribution >= 0.6 is 0 Å². The van der Waals surface area contributed by atoms with Crippen molar-refractivity contribution in [2.45, 2.75) is 38.3 Å². The summed E-state index contributed by atoms with van der Waals surface area (Å²) in [4.78, 5) is 26.7. The van der Waals surface area contributed by atoms with E-state index in [1.54, 1.807) is 25.8 Å². The molecule has 5 rings (SSSR count). The first kappa shape index (κ1) is 20.1. The van der Waals surface area contributed by atoms with Crippen LogP contribution < -0.4 is 4.74 Å². The molecule has 3 aromatic heterocycles. The first-order valence-corrected chi connectivity index (χ1v) is 11.1. The van der Waals surface area contributed by atoms with Gasteiger partial charge in [0.05, 0.1) is 19.6 Å². The standard InChI is InChI=1S/C23H29N5O3/c1-30-23-25-20-3-2-9-24-21(20)28(23)19-6-12-27(13-7-19)22(29)18-4-10-26(11-5-18)15-17-8-14-31-16-17/h2-3,8-9,14,16,18-19H,4-7,10-13,15H2,1H3. The number of aromatic nitrogens is 3. The lowest BCUT2D eigenvalue weighted by atomic mass is 9.93. The molecule has 2 fully saturated rings. The molecule has 5 heterocycles. The second-order valence-electron chi connectivity index (χ2n) is 8.55. The van der Waals surface area contributed by atoms with E-state index in [9.17, 15) is 4.79 Å². The number of ether oxygens (including phenoxy) is 1. The Kier molecular flexibility index (Phi) is 5.63. The molecule has 164 valence electrons. The number of fused-ring (bicyclic) bond motifs is 1. The normalized spacial score (nSPS) is 19.2. The van der Waals surface area contributed by atoms with E-state index in [0.717, 1.165) is 69.6 Å². The van der Waals surface area contributed by atoms with E-state index in [1.165, 1.54) is 5.56 Å². The van der Waals surface area contributed by atoms with Gasteiger partial charge in [-0.3, -0.25) is 14.3 Å². The summed E-state index contributed by atoms with van der Waals surface area (Å²) in [6.07, 6.45) is 8.95. The SMILES string of the molecule is COc1nc2cccnc2n1C1CCN(C(=O)C2CCN(Cc3ccoc3)CC2)CC1. The van der Waals surface area contributed by atoms with Crippen LogP contribution in [0.15, 0.2) is 41.3 Å². The summed E-state index contributed by atoms with van der Waals surface area (Å²) in [5.74, 6) is 0.462. The maximum Gasteiger partial charge on any atom is 0.298 e. The molecule has 1 amide bonds. The maximum absolute atomic E-state index is 13.1. The number of likely N-dealkylation sites (tertiary alicyclic amines) is 2. The van der Waals surface area contributed by atoms with E-state index >= 15 is 0 Å². The molecule has 0 aliphatic carbocycles. The van der Waals surface area contributed by atoms with Crippen LogP contribution in [0.25, 0.3) is 11.2 Å². The first-order valence-electron chi connectivity index (χ1n) is 11.1. The van der Waals surface area contributed by atoms with Crippen LogP contribution in [0.3, 0.4) is 0 Å². The predicted octanol–water partition coefficient (Wildman–Crippen LogP) is 3.11. The number of rotatable bonds is 5. The Morgan fingerprint density at radius 1 is 1.16 bits per heavy atom. The van der Waals surface area contributed by atoms with E-state index in [-0.39, 0.29) is 12.0 Å². The minimum absolute atomic E-state index is 0.141. The lowest BCUT2D eigenvalue weighted by Crippen LogP contribution is -2.45. The van der Waals surface area contributed by atoms with Crippen LogP contribution in [-0.4, -0.2) is 63.5 Å². The van der Waals surface area contributed by atoms with Crippen LogP contribution in [0.5, 0.6) is 6.01 Å². The molecule has 3 aromatic rings. The summed E-state index contributed by atoms with van der Waals surface area (Å²) in [5.41, 5.74) is 2.90. The van der Waals surface area contributed by atoms with Crippen molar-refractivity contribution in [2.75, 3.05) is 33.3 Å². The van der Waals surface area contributed by atoms with E-state index in [2.05, 4.69) is 24.3 Å². The number of hydrogen-bond acceptors (Lipinski definition) is 6. The van der Waals surface area contributed by atoms with Crippen molar-refractivity contribution < 1.29 is 13.9 Å². The molecule has 0 N–H and O–H groups in total. The summed E-state index contributed by atoms with van der Waals surface area (Å²) in [6, 6.07) is 6.70. The molecule has 0 aromatic carbocycles. The summed E-state index contributed by atoms with van der Waals surface area (Å²) >= 11 is 0. The fourth-order valence-electron chi connectivity index (χ4n) is 4.96. The largest absolute Gasteiger partial charge is 0.472 e. The zero-order chi connectivity index (χ0) is 21.2. The molecule has 0 atom stereocenters. The van der Waals surface area contributed by atoms with E-state index in [4.69, 9.17) is 9.15 Å². The van der Waals surface area contributed by atoms with E-state index < -0.39 is 0 Å². The number of amides is 1. The van der Waals surface area contributed by atoms with Crippen LogP contribution in [0.2, 0.25) is 0 Å². The molecule has 0 unspecified atom stereocenters. The number of methoxy groups -OCH3 is 1. The third kappa shape index (κ3) is 4.04. The van der Waals surface area contributed by atoms with Crippen molar-refractivity contribution >= 4 is 17.1 Å². The molecule has 2 aliphatic rings. The minimum Gasteiger partial charge on any atom is -0.472 e. The highest BCUT2D eigenvalue weighted by atomic mass is 16.5.